The lowest BCUT2D eigenvalue weighted by Crippen LogP contribution is -2.13. The lowest BCUT2D eigenvalue weighted by Gasteiger charge is -2.28. The Hall–Kier alpha value is -2.95. The summed E-state index contributed by atoms with van der Waals surface area (Å²) in [4.78, 5) is 7.35. The van der Waals surface area contributed by atoms with Gasteiger partial charge in [0.15, 0.2) is 0 Å². The van der Waals surface area contributed by atoms with Crippen LogP contribution in [-0.4, -0.2) is 9.97 Å². The van der Waals surface area contributed by atoms with Crippen LogP contribution >= 0.6 is 0 Å². The third-order valence-electron chi connectivity index (χ3n) is 4.01. The van der Waals surface area contributed by atoms with Gasteiger partial charge in [-0.05, 0) is 12.1 Å². The van der Waals surface area contributed by atoms with E-state index < -0.39 is 0 Å². The van der Waals surface area contributed by atoms with E-state index in [-0.39, 0.29) is 5.92 Å². The summed E-state index contributed by atoms with van der Waals surface area (Å²) in [5, 5.41) is 0. The Morgan fingerprint density at radius 1 is 1.00 bits per heavy atom. The van der Waals surface area contributed by atoms with Crippen molar-refractivity contribution >= 4 is 11.4 Å². The fourth-order valence-electron chi connectivity index (χ4n) is 2.97. The zero-order valence-electron chi connectivity index (χ0n) is 11.9. The van der Waals surface area contributed by atoms with Crippen molar-refractivity contribution in [2.75, 3.05) is 11.5 Å². The van der Waals surface area contributed by atoms with Crippen molar-refractivity contribution in [3.05, 3.63) is 65.7 Å². The van der Waals surface area contributed by atoms with Gasteiger partial charge < -0.3 is 21.2 Å². The molecule has 22 heavy (non-hydrogen) atoms. The Kier molecular flexibility index (Phi) is 2.79. The summed E-state index contributed by atoms with van der Waals surface area (Å²) in [7, 11) is 0. The molecule has 1 aliphatic rings. The van der Waals surface area contributed by atoms with Crippen LogP contribution < -0.4 is 16.2 Å². The number of nitrogen functional groups attached to an aromatic ring is 2. The number of nitrogens with zero attached hydrogens (tertiary/aromatic N) is 1. The monoisotopic (exact) mass is 292 g/mol. The zero-order valence-corrected chi connectivity index (χ0v) is 11.9. The number of H-pyrrole nitrogens is 1. The smallest absolute Gasteiger partial charge is 0.133 e. The maximum atomic E-state index is 6.00. The van der Waals surface area contributed by atoms with Crippen molar-refractivity contribution in [3.63, 3.8) is 0 Å². The number of rotatable bonds is 2. The van der Waals surface area contributed by atoms with Crippen LogP contribution in [0.4, 0.5) is 11.4 Å². The molecule has 0 aliphatic carbocycles. The number of benzene rings is 2. The fourth-order valence-corrected chi connectivity index (χ4v) is 2.97. The summed E-state index contributed by atoms with van der Waals surface area (Å²) in [6.07, 6.45) is 4.41. The number of imidazole rings is 1. The van der Waals surface area contributed by atoms with Crippen LogP contribution in [0.2, 0.25) is 0 Å². The number of fused-ring (bicyclic) bond motifs is 2. The van der Waals surface area contributed by atoms with Gasteiger partial charge in [-0.3, -0.25) is 0 Å². The van der Waals surface area contributed by atoms with Crippen LogP contribution in [0, 0.1) is 0 Å². The van der Waals surface area contributed by atoms with Crippen LogP contribution in [0.5, 0.6) is 11.5 Å². The molecule has 5 N–H and O–H groups in total. The van der Waals surface area contributed by atoms with E-state index in [4.69, 9.17) is 16.2 Å². The first-order valence-corrected chi connectivity index (χ1v) is 7.15. The second kappa shape index (κ2) is 4.80. The van der Waals surface area contributed by atoms with Gasteiger partial charge >= 0.3 is 0 Å². The van der Waals surface area contributed by atoms with E-state index in [0.29, 0.717) is 11.4 Å². The number of nitrogens with two attached hydrogens (primary N) is 2. The van der Waals surface area contributed by atoms with E-state index in [2.05, 4.69) is 9.97 Å². The molecule has 0 radical (unpaired) electrons. The molecule has 110 valence electrons. The van der Waals surface area contributed by atoms with Gasteiger partial charge in [-0.15, -0.1) is 0 Å². The van der Waals surface area contributed by atoms with Crippen molar-refractivity contribution in [2.24, 2.45) is 0 Å². The Balaban J connectivity index is 1.85. The van der Waals surface area contributed by atoms with Crippen molar-refractivity contribution < 1.29 is 4.74 Å². The summed E-state index contributed by atoms with van der Waals surface area (Å²) in [5.41, 5.74) is 16.4. The van der Waals surface area contributed by atoms with Crippen molar-refractivity contribution in [1.82, 2.24) is 9.97 Å². The SMILES string of the molecule is Nc1ccc2c(c1)Oc1cc(N)ccc1C2Cc1c[nH]cn1. The van der Waals surface area contributed by atoms with Crippen LogP contribution in [0.3, 0.4) is 0 Å². The minimum absolute atomic E-state index is 0.170. The normalized spacial score (nSPS) is 13.3. The van der Waals surface area contributed by atoms with Gasteiger partial charge in [0.25, 0.3) is 0 Å². The fraction of sp³-hybridized carbons (Fsp3) is 0.118. The largest absolute Gasteiger partial charge is 0.457 e. The molecule has 2 heterocycles. The molecule has 5 nitrogen and oxygen atoms in total. The molecule has 0 bridgehead atoms. The minimum Gasteiger partial charge on any atom is -0.457 e. The van der Waals surface area contributed by atoms with Crippen LogP contribution in [0.15, 0.2) is 48.9 Å². The van der Waals surface area contributed by atoms with Gasteiger partial charge in [-0.25, -0.2) is 4.98 Å². The molecule has 3 aromatic rings. The van der Waals surface area contributed by atoms with Gasteiger partial charge in [-0.2, -0.15) is 0 Å². The minimum atomic E-state index is 0.170. The van der Waals surface area contributed by atoms with Crippen LogP contribution in [0.1, 0.15) is 22.7 Å². The predicted octanol–water partition coefficient (Wildman–Crippen LogP) is 3.05. The van der Waals surface area contributed by atoms with Gasteiger partial charge in [0, 0.05) is 53.2 Å². The van der Waals surface area contributed by atoms with Gasteiger partial charge in [0.1, 0.15) is 11.5 Å². The number of aromatic nitrogens is 2. The van der Waals surface area contributed by atoms with Crippen LogP contribution in [-0.2, 0) is 6.42 Å². The second-order valence-electron chi connectivity index (χ2n) is 5.51. The third kappa shape index (κ3) is 2.07. The van der Waals surface area contributed by atoms with Crippen molar-refractivity contribution in [3.8, 4) is 11.5 Å². The highest BCUT2D eigenvalue weighted by molar-refractivity contribution is 5.61. The maximum absolute atomic E-state index is 6.00. The first-order valence-electron chi connectivity index (χ1n) is 7.15. The molecule has 4 rings (SSSR count). The predicted molar refractivity (Wildman–Crippen MR) is 85.9 cm³/mol. The highest BCUT2D eigenvalue weighted by atomic mass is 16.5. The number of ether oxygens (including phenoxy) is 1. The highest BCUT2D eigenvalue weighted by Gasteiger charge is 2.28. The van der Waals surface area contributed by atoms with Crippen molar-refractivity contribution in [1.29, 1.82) is 0 Å². The van der Waals surface area contributed by atoms with Gasteiger partial charge in [-0.1, -0.05) is 12.1 Å². The average molecular weight is 292 g/mol. The highest BCUT2D eigenvalue weighted by Crippen LogP contribution is 2.46. The second-order valence-corrected chi connectivity index (χ2v) is 5.51. The summed E-state index contributed by atoms with van der Waals surface area (Å²) < 4.78 is 6.00. The Labute approximate surface area is 127 Å². The Morgan fingerprint density at radius 3 is 2.18 bits per heavy atom. The van der Waals surface area contributed by atoms with E-state index >= 15 is 0 Å². The quantitative estimate of drug-likeness (QED) is 0.633. The van der Waals surface area contributed by atoms with Gasteiger partial charge in [0.05, 0.1) is 12.0 Å². The zero-order chi connectivity index (χ0) is 15.1. The van der Waals surface area contributed by atoms with E-state index in [1.807, 2.05) is 42.6 Å². The molecule has 1 aliphatic heterocycles. The average Bonchev–Trinajstić information content (AvgIpc) is 2.99. The molecule has 1 aromatic heterocycles. The molecule has 0 saturated heterocycles. The molecule has 0 atom stereocenters. The molecule has 0 saturated carbocycles. The molecular formula is C17H16N4O. The number of hydrogen-bond acceptors (Lipinski definition) is 4. The summed E-state index contributed by atoms with van der Waals surface area (Å²) in [6.45, 7) is 0. The maximum Gasteiger partial charge on any atom is 0.133 e. The lowest BCUT2D eigenvalue weighted by molar-refractivity contribution is 0.445. The summed E-state index contributed by atoms with van der Waals surface area (Å²) >= 11 is 0. The first kappa shape index (κ1) is 12.8. The number of hydrogen-bond donors (Lipinski definition) is 3. The van der Waals surface area contributed by atoms with Crippen molar-refractivity contribution in [2.45, 2.75) is 12.3 Å². The molecule has 0 fully saturated rings. The van der Waals surface area contributed by atoms with E-state index in [9.17, 15) is 0 Å². The molecule has 0 amide bonds. The molecule has 0 spiro atoms. The van der Waals surface area contributed by atoms with Gasteiger partial charge in [0.2, 0.25) is 0 Å². The molecule has 2 aromatic carbocycles. The summed E-state index contributed by atoms with van der Waals surface area (Å²) in [5.74, 6) is 1.75. The Morgan fingerprint density at radius 2 is 1.64 bits per heavy atom. The van der Waals surface area contributed by atoms with E-state index in [1.165, 1.54) is 0 Å². The molecule has 0 unspecified atom stereocenters. The molecule has 5 heteroatoms. The third-order valence-corrected chi connectivity index (χ3v) is 4.01. The Bertz CT molecular complexity index is 775. The standard InChI is InChI=1S/C17H16N4O/c18-10-1-3-13-15(7-12-8-20-9-21-12)14-4-2-11(19)6-17(14)22-16(13)5-10/h1-6,8-9,15H,7,18-19H2,(H,20,21). The number of anilines is 2. The number of aromatic amines is 1. The van der Waals surface area contributed by atoms with E-state index in [1.54, 1.807) is 6.33 Å². The van der Waals surface area contributed by atoms with Crippen LogP contribution in [0.25, 0.3) is 0 Å². The number of nitrogens with one attached hydrogen (secondary N) is 1. The first-order chi connectivity index (χ1) is 10.7. The topological polar surface area (TPSA) is 90.0 Å². The molecular weight excluding hydrogens is 276 g/mol. The summed E-state index contributed by atoms with van der Waals surface area (Å²) in [6, 6.07) is 11.6. The van der Waals surface area contributed by atoms with E-state index in [0.717, 1.165) is 34.7 Å². The lowest BCUT2D eigenvalue weighted by atomic mass is 9.84.